The summed E-state index contributed by atoms with van der Waals surface area (Å²) in [5.41, 5.74) is 0.298. The zero-order valence-electron chi connectivity index (χ0n) is 16.8. The van der Waals surface area contributed by atoms with Gasteiger partial charge in [-0.15, -0.1) is 0 Å². The van der Waals surface area contributed by atoms with Crippen molar-refractivity contribution in [2.45, 2.75) is 38.3 Å². The van der Waals surface area contributed by atoms with E-state index in [-0.39, 0.29) is 34.3 Å². The highest BCUT2D eigenvalue weighted by molar-refractivity contribution is 7.90. The molecule has 0 bridgehead atoms. The molecular weight excluding hydrogens is 407 g/mol. The van der Waals surface area contributed by atoms with Crippen molar-refractivity contribution in [3.05, 3.63) is 76.8 Å². The summed E-state index contributed by atoms with van der Waals surface area (Å²) < 4.78 is 42.0. The van der Waals surface area contributed by atoms with E-state index >= 15 is 0 Å². The molecule has 6 nitrogen and oxygen atoms in total. The molecule has 2 heterocycles. The van der Waals surface area contributed by atoms with Gasteiger partial charge in [-0.25, -0.2) is 4.39 Å². The molecule has 30 heavy (non-hydrogen) atoms. The van der Waals surface area contributed by atoms with Crippen LogP contribution in [-0.4, -0.2) is 36.1 Å². The van der Waals surface area contributed by atoms with Crippen molar-refractivity contribution in [2.24, 2.45) is 9.81 Å². The number of hydrogen-bond acceptors (Lipinski definition) is 4. The number of halogens is 1. The van der Waals surface area contributed by atoms with Gasteiger partial charge >= 0.3 is 0 Å². The Morgan fingerprint density at radius 2 is 1.73 bits per heavy atom. The molecule has 1 atom stereocenters. The highest BCUT2D eigenvalue weighted by Gasteiger charge is 2.48. The number of hydrogen-bond donors (Lipinski definition) is 1. The van der Waals surface area contributed by atoms with E-state index in [1.54, 1.807) is 30.3 Å². The van der Waals surface area contributed by atoms with Gasteiger partial charge in [-0.1, -0.05) is 51.1 Å². The molecule has 0 saturated carbocycles. The fraction of sp³-hybridized carbons (Fsp3) is 0.273. The van der Waals surface area contributed by atoms with E-state index < -0.39 is 27.4 Å². The predicted octanol–water partition coefficient (Wildman–Crippen LogP) is 3.59. The Labute approximate surface area is 174 Å². The second kappa shape index (κ2) is 6.77. The number of aliphatic hydroxyl groups is 1. The van der Waals surface area contributed by atoms with Crippen LogP contribution in [0, 0.1) is 11.2 Å². The average Bonchev–Trinajstić information content (AvgIpc) is 3.07. The molecule has 0 spiro atoms. The minimum atomic E-state index is -3.94. The minimum absolute atomic E-state index is 0.0115. The topological polar surface area (TPSA) is 87.0 Å². The van der Waals surface area contributed by atoms with Crippen LogP contribution >= 0.6 is 0 Å². The number of rotatable bonds is 3. The minimum Gasteiger partial charge on any atom is -0.509 e. The van der Waals surface area contributed by atoms with Crippen molar-refractivity contribution in [2.75, 3.05) is 0 Å². The molecule has 156 valence electrons. The Balaban J connectivity index is 1.82. The quantitative estimate of drug-likeness (QED) is 0.810. The van der Waals surface area contributed by atoms with Crippen LogP contribution in [0.2, 0.25) is 0 Å². The van der Waals surface area contributed by atoms with Crippen LogP contribution in [0.4, 0.5) is 4.39 Å². The molecule has 1 N–H and O–H groups in total. The van der Waals surface area contributed by atoms with Crippen LogP contribution in [0.1, 0.15) is 31.9 Å². The lowest BCUT2D eigenvalue weighted by Crippen LogP contribution is -2.43. The van der Waals surface area contributed by atoms with Crippen LogP contribution < -0.4 is 0 Å². The summed E-state index contributed by atoms with van der Waals surface area (Å²) >= 11 is 0. The first kappa shape index (κ1) is 20.3. The Hall–Kier alpha value is -3.00. The van der Waals surface area contributed by atoms with Gasteiger partial charge in [0.15, 0.2) is 0 Å². The fourth-order valence-corrected chi connectivity index (χ4v) is 5.21. The van der Waals surface area contributed by atoms with Crippen molar-refractivity contribution in [1.82, 2.24) is 4.90 Å². The smallest absolute Gasteiger partial charge is 0.283 e. The Bertz CT molecular complexity index is 1210. The molecule has 2 aromatic rings. The Kier molecular flexibility index (Phi) is 4.58. The van der Waals surface area contributed by atoms with Gasteiger partial charge in [-0.2, -0.15) is 12.8 Å². The Morgan fingerprint density at radius 3 is 2.37 bits per heavy atom. The lowest BCUT2D eigenvalue weighted by molar-refractivity contribution is -0.129. The summed E-state index contributed by atoms with van der Waals surface area (Å²) in [4.78, 5) is 14.9. The predicted molar refractivity (Wildman–Crippen MR) is 110 cm³/mol. The maximum atomic E-state index is 13.4. The summed E-state index contributed by atoms with van der Waals surface area (Å²) in [5, 5.41) is 11.1. The zero-order valence-corrected chi connectivity index (χ0v) is 17.6. The van der Waals surface area contributed by atoms with Crippen LogP contribution in [-0.2, 0) is 21.4 Å². The van der Waals surface area contributed by atoms with Crippen molar-refractivity contribution in [3.63, 3.8) is 0 Å². The van der Waals surface area contributed by atoms with E-state index in [0.29, 0.717) is 11.1 Å². The van der Waals surface area contributed by atoms with Crippen LogP contribution in [0.25, 0.3) is 0 Å². The van der Waals surface area contributed by atoms with Crippen molar-refractivity contribution in [3.8, 4) is 0 Å². The Morgan fingerprint density at radius 1 is 1.10 bits per heavy atom. The van der Waals surface area contributed by atoms with E-state index in [9.17, 15) is 22.7 Å². The average molecular weight is 428 g/mol. The molecule has 0 radical (unpaired) electrons. The fourth-order valence-electron chi connectivity index (χ4n) is 3.99. The van der Waals surface area contributed by atoms with Gasteiger partial charge in [0.05, 0.1) is 10.9 Å². The van der Waals surface area contributed by atoms with Crippen LogP contribution in [0.15, 0.2) is 69.2 Å². The molecule has 4 rings (SSSR count). The molecule has 2 aromatic carbocycles. The summed E-state index contributed by atoms with van der Waals surface area (Å²) in [7, 11) is -3.94. The standard InChI is InChI=1S/C22H21FN2O4S/c1-22(2,3)20-19(26)17(18-15-6-4-5-7-16(15)30(28,29)24-18)21(27)25(20)12-13-8-10-14(23)11-9-13/h4-11,20,26H,12H2,1-3H3/t20-/m0/s1. The SMILES string of the molecule is CC(C)(C)[C@@H]1C(O)=C(C2=NS(=O)(=O)c3ccccc32)C(=O)N1Cc1ccc(F)cc1. The first-order valence-electron chi connectivity index (χ1n) is 9.44. The molecule has 1 amide bonds. The molecule has 0 aliphatic carbocycles. The number of benzene rings is 2. The summed E-state index contributed by atoms with van der Waals surface area (Å²) in [6.07, 6.45) is 0. The largest absolute Gasteiger partial charge is 0.509 e. The van der Waals surface area contributed by atoms with E-state index in [4.69, 9.17) is 0 Å². The molecular formula is C22H21FN2O4S. The number of amides is 1. The zero-order chi connectivity index (χ0) is 21.8. The molecule has 2 aliphatic heterocycles. The molecule has 0 saturated heterocycles. The van der Waals surface area contributed by atoms with Crippen LogP contribution in [0.5, 0.6) is 0 Å². The van der Waals surface area contributed by atoms with Gasteiger partial charge in [0.1, 0.15) is 22.9 Å². The summed E-state index contributed by atoms with van der Waals surface area (Å²) in [6, 6.07) is 11.3. The first-order chi connectivity index (χ1) is 14.0. The number of sulfonamides is 1. The molecule has 0 unspecified atom stereocenters. The number of carbonyl (C=O) groups is 1. The van der Waals surface area contributed by atoms with E-state index in [0.717, 1.165) is 0 Å². The lowest BCUT2D eigenvalue weighted by Gasteiger charge is -2.35. The molecule has 0 fully saturated rings. The highest BCUT2D eigenvalue weighted by atomic mass is 32.2. The molecule has 2 aliphatic rings. The number of aliphatic hydroxyl groups excluding tert-OH is 1. The van der Waals surface area contributed by atoms with Gasteiger partial charge in [-0.3, -0.25) is 4.79 Å². The van der Waals surface area contributed by atoms with Gasteiger partial charge in [0.2, 0.25) is 0 Å². The van der Waals surface area contributed by atoms with Gasteiger partial charge in [0.25, 0.3) is 15.9 Å². The molecule has 0 aromatic heterocycles. The van der Waals surface area contributed by atoms with Gasteiger partial charge in [0, 0.05) is 12.1 Å². The first-order valence-corrected chi connectivity index (χ1v) is 10.9. The number of carbonyl (C=O) groups excluding carboxylic acids is 1. The van der Waals surface area contributed by atoms with E-state index in [1.807, 2.05) is 20.8 Å². The van der Waals surface area contributed by atoms with Crippen molar-refractivity contribution < 1.29 is 22.7 Å². The van der Waals surface area contributed by atoms with Gasteiger partial charge in [-0.05, 0) is 29.2 Å². The van der Waals surface area contributed by atoms with E-state index in [1.165, 1.54) is 23.1 Å². The molecule has 8 heteroatoms. The normalized spacial score (nSPS) is 20.5. The van der Waals surface area contributed by atoms with Crippen LogP contribution in [0.3, 0.4) is 0 Å². The number of fused-ring (bicyclic) bond motifs is 1. The third kappa shape index (κ3) is 3.21. The summed E-state index contributed by atoms with van der Waals surface area (Å²) in [6.45, 7) is 5.77. The lowest BCUT2D eigenvalue weighted by atomic mass is 9.84. The maximum Gasteiger partial charge on any atom is 0.283 e. The highest BCUT2D eigenvalue weighted by Crippen LogP contribution is 2.40. The van der Waals surface area contributed by atoms with Crippen molar-refractivity contribution >= 4 is 21.6 Å². The van der Waals surface area contributed by atoms with Gasteiger partial charge < -0.3 is 10.0 Å². The third-order valence-electron chi connectivity index (χ3n) is 5.26. The summed E-state index contributed by atoms with van der Waals surface area (Å²) in [5.74, 6) is -1.11. The third-order valence-corrected chi connectivity index (χ3v) is 6.59. The van der Waals surface area contributed by atoms with E-state index in [2.05, 4.69) is 4.40 Å². The van der Waals surface area contributed by atoms with Crippen molar-refractivity contribution in [1.29, 1.82) is 0 Å². The second-order valence-electron chi connectivity index (χ2n) is 8.50. The monoisotopic (exact) mass is 428 g/mol. The second-order valence-corrected chi connectivity index (χ2v) is 10.1. The number of nitrogens with zero attached hydrogens (tertiary/aromatic N) is 2. The maximum absolute atomic E-state index is 13.4.